The van der Waals surface area contributed by atoms with E-state index in [1.54, 1.807) is 18.2 Å². The first-order chi connectivity index (χ1) is 18.8. The lowest BCUT2D eigenvalue weighted by molar-refractivity contribution is 0.0381. The second-order valence-corrected chi connectivity index (χ2v) is 10.6. The largest absolute Gasteiger partial charge is 0.465 e. The molecule has 0 radical (unpaired) electrons. The number of hydrogen-bond donors (Lipinski definition) is 3. The number of nitrogens with one attached hydrogen (secondary N) is 2. The Bertz CT molecular complexity index is 1580. The molecule has 4 atom stereocenters. The first kappa shape index (κ1) is 25.1. The van der Waals surface area contributed by atoms with Crippen molar-refractivity contribution in [3.05, 3.63) is 105 Å². The minimum atomic E-state index is -0.870. The van der Waals surface area contributed by atoms with E-state index in [1.807, 2.05) is 26.0 Å². The number of anilines is 1. The van der Waals surface area contributed by atoms with Crippen LogP contribution in [0.3, 0.4) is 0 Å². The molecular formula is C30H30FN5O3. The predicted octanol–water partition coefficient (Wildman–Crippen LogP) is 4.93. The SMILES string of the molecule is CC1CN(Cc2ccc(C3Nc4cccc5c(=O)[nH]nc(c45)C3c3ccc(F)cc3)cc2)CC(C)N1C(=O)O. The number of aromatic nitrogens is 2. The summed E-state index contributed by atoms with van der Waals surface area (Å²) in [4.78, 5) is 27.9. The molecule has 8 nitrogen and oxygen atoms in total. The molecule has 200 valence electrons. The van der Waals surface area contributed by atoms with E-state index >= 15 is 0 Å². The van der Waals surface area contributed by atoms with Gasteiger partial charge in [0.15, 0.2) is 0 Å². The topological polar surface area (TPSA) is 102 Å². The third kappa shape index (κ3) is 4.52. The number of carbonyl (C=O) groups is 1. The van der Waals surface area contributed by atoms with Crippen molar-refractivity contribution in [3.8, 4) is 0 Å². The molecule has 4 aromatic rings. The van der Waals surface area contributed by atoms with Gasteiger partial charge in [0, 0.05) is 42.8 Å². The number of nitrogens with zero attached hydrogens (tertiary/aromatic N) is 3. The Kier molecular flexibility index (Phi) is 6.31. The molecule has 0 saturated carbocycles. The van der Waals surface area contributed by atoms with Crippen LogP contribution in [0, 0.1) is 5.82 Å². The number of aromatic amines is 1. The molecule has 2 aliphatic rings. The minimum Gasteiger partial charge on any atom is -0.465 e. The van der Waals surface area contributed by atoms with Gasteiger partial charge in [-0.15, -0.1) is 0 Å². The highest BCUT2D eigenvalue weighted by Gasteiger charge is 2.35. The molecule has 0 spiro atoms. The number of H-pyrrole nitrogens is 1. The first-order valence-corrected chi connectivity index (χ1v) is 13.2. The zero-order chi connectivity index (χ0) is 27.3. The van der Waals surface area contributed by atoms with E-state index in [-0.39, 0.29) is 35.4 Å². The van der Waals surface area contributed by atoms with E-state index in [0.717, 1.165) is 40.0 Å². The van der Waals surface area contributed by atoms with Crippen molar-refractivity contribution in [2.45, 2.75) is 44.4 Å². The summed E-state index contributed by atoms with van der Waals surface area (Å²) in [5.74, 6) is -0.562. The molecule has 3 aromatic carbocycles. The van der Waals surface area contributed by atoms with Crippen LogP contribution in [0.25, 0.3) is 10.8 Å². The standard InChI is InChI=1S/C30H30FN5O3/c1-17-14-35(15-18(2)36(17)30(38)39)16-19-6-8-21(9-7-19)27-25(20-10-12-22(31)13-11-20)28-26-23(29(37)34-33-28)4-3-5-24(26)32-27/h3-13,17-18,25,27,32H,14-16H2,1-2H3,(H,34,37)(H,38,39). The average Bonchev–Trinajstić information content (AvgIpc) is 2.91. The van der Waals surface area contributed by atoms with E-state index in [4.69, 9.17) is 0 Å². The summed E-state index contributed by atoms with van der Waals surface area (Å²) < 4.78 is 13.8. The van der Waals surface area contributed by atoms with Crippen LogP contribution in [-0.4, -0.2) is 56.4 Å². The van der Waals surface area contributed by atoms with Crippen molar-refractivity contribution in [1.29, 1.82) is 0 Å². The van der Waals surface area contributed by atoms with Crippen LogP contribution in [0.2, 0.25) is 0 Å². The van der Waals surface area contributed by atoms with E-state index in [2.05, 4.69) is 44.7 Å². The molecule has 0 bridgehead atoms. The summed E-state index contributed by atoms with van der Waals surface area (Å²) in [6.07, 6.45) is -0.870. The molecule has 1 fully saturated rings. The van der Waals surface area contributed by atoms with Crippen LogP contribution in [0.5, 0.6) is 0 Å². The Hall–Kier alpha value is -4.24. The second-order valence-electron chi connectivity index (χ2n) is 10.6. The normalized spacial score (nSPS) is 23.0. The van der Waals surface area contributed by atoms with Gasteiger partial charge in [0.2, 0.25) is 0 Å². The van der Waals surface area contributed by atoms with Gasteiger partial charge in [0.05, 0.1) is 23.0 Å². The molecule has 6 rings (SSSR count). The summed E-state index contributed by atoms with van der Waals surface area (Å²) in [7, 11) is 0. The summed E-state index contributed by atoms with van der Waals surface area (Å²) in [5.41, 5.74) is 4.42. The van der Waals surface area contributed by atoms with Crippen LogP contribution in [-0.2, 0) is 6.54 Å². The molecule has 3 heterocycles. The Morgan fingerprint density at radius 1 is 1.00 bits per heavy atom. The molecule has 1 aromatic heterocycles. The lowest BCUT2D eigenvalue weighted by Gasteiger charge is -2.43. The highest BCUT2D eigenvalue weighted by molar-refractivity contribution is 5.97. The van der Waals surface area contributed by atoms with E-state index in [0.29, 0.717) is 18.5 Å². The van der Waals surface area contributed by atoms with Crippen molar-refractivity contribution in [3.63, 3.8) is 0 Å². The fourth-order valence-corrected chi connectivity index (χ4v) is 6.32. The fourth-order valence-electron chi connectivity index (χ4n) is 6.32. The summed E-state index contributed by atoms with van der Waals surface area (Å²) >= 11 is 0. The maximum Gasteiger partial charge on any atom is 0.407 e. The van der Waals surface area contributed by atoms with Gasteiger partial charge in [-0.1, -0.05) is 42.5 Å². The molecule has 1 amide bonds. The molecule has 2 aliphatic heterocycles. The van der Waals surface area contributed by atoms with Gasteiger partial charge >= 0.3 is 6.09 Å². The number of benzene rings is 3. The third-order valence-corrected chi connectivity index (χ3v) is 7.97. The highest BCUT2D eigenvalue weighted by atomic mass is 19.1. The maximum absolute atomic E-state index is 13.8. The average molecular weight is 528 g/mol. The van der Waals surface area contributed by atoms with Crippen molar-refractivity contribution in [2.24, 2.45) is 0 Å². The zero-order valence-corrected chi connectivity index (χ0v) is 21.8. The number of amides is 1. The number of hydrogen-bond acceptors (Lipinski definition) is 5. The van der Waals surface area contributed by atoms with Gasteiger partial charge in [-0.2, -0.15) is 5.10 Å². The Morgan fingerprint density at radius 3 is 2.33 bits per heavy atom. The zero-order valence-electron chi connectivity index (χ0n) is 21.8. The number of piperazine rings is 1. The molecule has 3 N–H and O–H groups in total. The van der Waals surface area contributed by atoms with Crippen molar-refractivity contribution < 1.29 is 14.3 Å². The Morgan fingerprint density at radius 2 is 1.67 bits per heavy atom. The third-order valence-electron chi connectivity index (χ3n) is 7.97. The fraction of sp³-hybridized carbons (Fsp3) is 0.300. The molecule has 39 heavy (non-hydrogen) atoms. The first-order valence-electron chi connectivity index (χ1n) is 13.2. The van der Waals surface area contributed by atoms with Crippen LogP contribution in [0.15, 0.2) is 71.5 Å². The Balaban J connectivity index is 1.32. The summed E-state index contributed by atoms with van der Waals surface area (Å²) in [6.45, 7) is 5.99. The minimum absolute atomic E-state index is 0.0739. The second kappa shape index (κ2) is 9.81. The smallest absolute Gasteiger partial charge is 0.407 e. The highest BCUT2D eigenvalue weighted by Crippen LogP contribution is 2.46. The molecular weight excluding hydrogens is 497 g/mol. The van der Waals surface area contributed by atoms with Crippen LogP contribution in [0.4, 0.5) is 14.9 Å². The lowest BCUT2D eigenvalue weighted by Crippen LogP contribution is -2.57. The van der Waals surface area contributed by atoms with Crippen molar-refractivity contribution in [1.82, 2.24) is 20.0 Å². The van der Waals surface area contributed by atoms with Crippen LogP contribution < -0.4 is 10.9 Å². The summed E-state index contributed by atoms with van der Waals surface area (Å²) in [6, 6.07) is 20.1. The van der Waals surface area contributed by atoms with Gasteiger partial charge in [0.25, 0.3) is 5.56 Å². The summed E-state index contributed by atoms with van der Waals surface area (Å²) in [5, 5.41) is 21.7. The van der Waals surface area contributed by atoms with Crippen molar-refractivity contribution >= 4 is 22.6 Å². The molecule has 4 unspecified atom stereocenters. The van der Waals surface area contributed by atoms with E-state index in [9.17, 15) is 19.1 Å². The van der Waals surface area contributed by atoms with Crippen molar-refractivity contribution in [2.75, 3.05) is 18.4 Å². The Labute approximate surface area is 225 Å². The number of halogens is 1. The van der Waals surface area contributed by atoms with Gasteiger partial charge < -0.3 is 15.3 Å². The quantitative estimate of drug-likeness (QED) is 0.348. The number of rotatable bonds is 4. The van der Waals surface area contributed by atoms with E-state index in [1.165, 1.54) is 17.0 Å². The van der Waals surface area contributed by atoms with E-state index < -0.39 is 6.09 Å². The lowest BCUT2D eigenvalue weighted by atomic mass is 9.80. The van der Waals surface area contributed by atoms with Gasteiger partial charge in [0.1, 0.15) is 5.82 Å². The molecule has 1 saturated heterocycles. The van der Waals surface area contributed by atoms with Gasteiger partial charge in [-0.25, -0.2) is 14.3 Å². The predicted molar refractivity (Wildman–Crippen MR) is 147 cm³/mol. The maximum atomic E-state index is 13.8. The van der Waals surface area contributed by atoms with Crippen LogP contribution in [0.1, 0.15) is 48.2 Å². The number of carboxylic acid groups (broad SMARTS) is 1. The molecule has 0 aliphatic carbocycles. The van der Waals surface area contributed by atoms with Crippen LogP contribution >= 0.6 is 0 Å². The van der Waals surface area contributed by atoms with Gasteiger partial charge in [-0.05, 0) is 54.8 Å². The van der Waals surface area contributed by atoms with Gasteiger partial charge in [-0.3, -0.25) is 9.69 Å². The monoisotopic (exact) mass is 527 g/mol. The molecule has 9 heteroatoms.